The van der Waals surface area contributed by atoms with Gasteiger partial charge in [-0.15, -0.1) is 0 Å². The van der Waals surface area contributed by atoms with Crippen LogP contribution in [0.5, 0.6) is 0 Å². The first-order chi connectivity index (χ1) is 10.2. The number of benzene rings is 1. The third-order valence-corrected chi connectivity index (χ3v) is 3.36. The van der Waals surface area contributed by atoms with Gasteiger partial charge in [0.1, 0.15) is 11.5 Å². The molecule has 2 aromatic rings. The summed E-state index contributed by atoms with van der Waals surface area (Å²) in [5.41, 5.74) is 2.57. The van der Waals surface area contributed by atoms with Crippen LogP contribution in [0.2, 0.25) is 0 Å². The van der Waals surface area contributed by atoms with E-state index in [-0.39, 0.29) is 5.91 Å². The first kappa shape index (κ1) is 15.0. The van der Waals surface area contributed by atoms with Gasteiger partial charge in [-0.2, -0.15) is 0 Å². The van der Waals surface area contributed by atoms with Crippen LogP contribution in [-0.4, -0.2) is 24.5 Å². The first-order valence-corrected chi connectivity index (χ1v) is 7.23. The lowest BCUT2D eigenvalue weighted by Gasteiger charge is -2.17. The standard InChI is InChI=1S/C17H21N3O/c1-4-13-9-11-14(12-10-13)20(3)17(21)15-7-6-8-16(19-15)18-5-2/h6-12H,4-5H2,1-3H3,(H,18,19). The number of carbonyl (C=O) groups is 1. The molecule has 110 valence electrons. The summed E-state index contributed by atoms with van der Waals surface area (Å²) in [6, 6.07) is 13.4. The zero-order chi connectivity index (χ0) is 15.2. The van der Waals surface area contributed by atoms with Crippen LogP contribution in [0.25, 0.3) is 0 Å². The molecule has 0 saturated carbocycles. The summed E-state index contributed by atoms with van der Waals surface area (Å²) in [4.78, 5) is 18.5. The van der Waals surface area contributed by atoms with E-state index in [1.54, 1.807) is 18.0 Å². The molecule has 0 aliphatic heterocycles. The number of anilines is 2. The first-order valence-electron chi connectivity index (χ1n) is 7.23. The molecule has 1 amide bonds. The Morgan fingerprint density at radius 3 is 2.48 bits per heavy atom. The molecule has 1 heterocycles. The molecule has 1 aromatic heterocycles. The summed E-state index contributed by atoms with van der Waals surface area (Å²) < 4.78 is 0. The van der Waals surface area contributed by atoms with Crippen LogP contribution in [-0.2, 0) is 6.42 Å². The third-order valence-electron chi connectivity index (χ3n) is 3.36. The monoisotopic (exact) mass is 283 g/mol. The number of nitrogens with one attached hydrogen (secondary N) is 1. The Kier molecular flexibility index (Phi) is 4.93. The second-order valence-corrected chi connectivity index (χ2v) is 4.82. The molecule has 0 fully saturated rings. The van der Waals surface area contributed by atoms with Gasteiger partial charge in [0.2, 0.25) is 0 Å². The van der Waals surface area contributed by atoms with E-state index >= 15 is 0 Å². The van der Waals surface area contributed by atoms with Crippen LogP contribution in [0, 0.1) is 0 Å². The Hall–Kier alpha value is -2.36. The van der Waals surface area contributed by atoms with Crippen LogP contribution in [0.4, 0.5) is 11.5 Å². The summed E-state index contributed by atoms with van der Waals surface area (Å²) in [6.07, 6.45) is 0.990. The van der Waals surface area contributed by atoms with Gasteiger partial charge in [-0.25, -0.2) is 4.98 Å². The second-order valence-electron chi connectivity index (χ2n) is 4.82. The van der Waals surface area contributed by atoms with Crippen LogP contribution in [0.15, 0.2) is 42.5 Å². The molecule has 0 atom stereocenters. The maximum atomic E-state index is 12.5. The van der Waals surface area contributed by atoms with E-state index in [0.29, 0.717) is 5.69 Å². The topological polar surface area (TPSA) is 45.2 Å². The molecule has 2 rings (SSSR count). The predicted octanol–water partition coefficient (Wildman–Crippen LogP) is 3.35. The third kappa shape index (κ3) is 3.60. The molecular weight excluding hydrogens is 262 g/mol. The van der Waals surface area contributed by atoms with Gasteiger partial charge >= 0.3 is 0 Å². The van der Waals surface area contributed by atoms with Gasteiger partial charge in [0.15, 0.2) is 0 Å². The molecule has 0 radical (unpaired) electrons. The number of hydrogen-bond acceptors (Lipinski definition) is 3. The van der Waals surface area contributed by atoms with Crippen LogP contribution >= 0.6 is 0 Å². The highest BCUT2D eigenvalue weighted by Gasteiger charge is 2.15. The van der Waals surface area contributed by atoms with Crippen molar-refractivity contribution in [1.82, 2.24) is 4.98 Å². The number of hydrogen-bond donors (Lipinski definition) is 1. The van der Waals surface area contributed by atoms with Crippen molar-refractivity contribution < 1.29 is 4.79 Å². The lowest BCUT2D eigenvalue weighted by Crippen LogP contribution is -2.27. The van der Waals surface area contributed by atoms with Crippen molar-refractivity contribution >= 4 is 17.4 Å². The van der Waals surface area contributed by atoms with Gasteiger partial charge < -0.3 is 10.2 Å². The summed E-state index contributed by atoms with van der Waals surface area (Å²) in [7, 11) is 1.77. The minimum absolute atomic E-state index is 0.112. The lowest BCUT2D eigenvalue weighted by atomic mass is 10.1. The lowest BCUT2D eigenvalue weighted by molar-refractivity contribution is 0.0988. The van der Waals surface area contributed by atoms with E-state index in [2.05, 4.69) is 17.2 Å². The SMILES string of the molecule is CCNc1cccc(C(=O)N(C)c2ccc(CC)cc2)n1. The number of aryl methyl sites for hydroxylation is 1. The highest BCUT2D eigenvalue weighted by atomic mass is 16.2. The molecule has 1 aromatic carbocycles. The van der Waals surface area contributed by atoms with Crippen molar-refractivity contribution in [3.63, 3.8) is 0 Å². The molecule has 0 aliphatic carbocycles. The Morgan fingerprint density at radius 1 is 1.14 bits per heavy atom. The van der Waals surface area contributed by atoms with Crippen molar-refractivity contribution in [3.8, 4) is 0 Å². The van der Waals surface area contributed by atoms with Gasteiger partial charge in [0.05, 0.1) is 0 Å². The Balaban J connectivity index is 2.19. The van der Waals surface area contributed by atoms with E-state index in [1.807, 2.05) is 43.3 Å². The van der Waals surface area contributed by atoms with E-state index in [1.165, 1.54) is 5.56 Å². The predicted molar refractivity (Wildman–Crippen MR) is 87.0 cm³/mol. The summed E-state index contributed by atoms with van der Waals surface area (Å²) in [6.45, 7) is 4.89. The molecule has 4 heteroatoms. The molecular formula is C17H21N3O. The van der Waals surface area contributed by atoms with Gasteiger partial charge in [-0.1, -0.05) is 25.1 Å². The van der Waals surface area contributed by atoms with Crippen molar-refractivity contribution in [2.75, 3.05) is 23.8 Å². The Bertz CT molecular complexity index is 608. The average molecular weight is 283 g/mol. The number of pyridine rings is 1. The van der Waals surface area contributed by atoms with Gasteiger partial charge in [0.25, 0.3) is 5.91 Å². The van der Waals surface area contributed by atoms with Crippen molar-refractivity contribution in [2.24, 2.45) is 0 Å². The number of nitrogens with zero attached hydrogens (tertiary/aromatic N) is 2. The zero-order valence-corrected chi connectivity index (χ0v) is 12.8. The minimum atomic E-state index is -0.112. The normalized spacial score (nSPS) is 10.2. The zero-order valence-electron chi connectivity index (χ0n) is 12.8. The highest BCUT2D eigenvalue weighted by Crippen LogP contribution is 2.17. The van der Waals surface area contributed by atoms with E-state index < -0.39 is 0 Å². The van der Waals surface area contributed by atoms with Crippen molar-refractivity contribution in [2.45, 2.75) is 20.3 Å². The molecule has 0 spiro atoms. The van der Waals surface area contributed by atoms with Crippen LogP contribution < -0.4 is 10.2 Å². The minimum Gasteiger partial charge on any atom is -0.370 e. The molecule has 0 saturated heterocycles. The summed E-state index contributed by atoms with van der Waals surface area (Å²) in [5, 5.41) is 3.11. The number of aromatic nitrogens is 1. The van der Waals surface area contributed by atoms with E-state index in [4.69, 9.17) is 0 Å². The fourth-order valence-corrected chi connectivity index (χ4v) is 2.08. The highest BCUT2D eigenvalue weighted by molar-refractivity contribution is 6.04. The van der Waals surface area contributed by atoms with E-state index in [9.17, 15) is 4.79 Å². The molecule has 4 nitrogen and oxygen atoms in total. The van der Waals surface area contributed by atoms with Crippen LogP contribution in [0.3, 0.4) is 0 Å². The molecule has 1 N–H and O–H groups in total. The van der Waals surface area contributed by atoms with E-state index in [0.717, 1.165) is 24.5 Å². The van der Waals surface area contributed by atoms with Crippen molar-refractivity contribution in [3.05, 3.63) is 53.7 Å². The smallest absolute Gasteiger partial charge is 0.276 e. The fraction of sp³-hybridized carbons (Fsp3) is 0.294. The van der Waals surface area contributed by atoms with Crippen molar-refractivity contribution in [1.29, 1.82) is 0 Å². The maximum Gasteiger partial charge on any atom is 0.276 e. The summed E-state index contributed by atoms with van der Waals surface area (Å²) in [5.74, 6) is 0.608. The fourth-order valence-electron chi connectivity index (χ4n) is 2.08. The molecule has 0 bridgehead atoms. The molecule has 21 heavy (non-hydrogen) atoms. The maximum absolute atomic E-state index is 12.5. The molecule has 0 unspecified atom stereocenters. The van der Waals surface area contributed by atoms with Gasteiger partial charge in [-0.3, -0.25) is 4.79 Å². The summed E-state index contributed by atoms with van der Waals surface area (Å²) >= 11 is 0. The number of carbonyl (C=O) groups excluding carboxylic acids is 1. The second kappa shape index (κ2) is 6.88. The Morgan fingerprint density at radius 2 is 1.86 bits per heavy atom. The average Bonchev–Trinajstić information content (AvgIpc) is 2.54. The number of amides is 1. The molecule has 0 aliphatic rings. The largest absolute Gasteiger partial charge is 0.370 e. The number of rotatable bonds is 5. The van der Waals surface area contributed by atoms with Gasteiger partial charge in [0, 0.05) is 19.3 Å². The van der Waals surface area contributed by atoms with Gasteiger partial charge in [-0.05, 0) is 43.2 Å². The Labute approximate surface area is 125 Å². The quantitative estimate of drug-likeness (QED) is 0.915. The van der Waals surface area contributed by atoms with Crippen LogP contribution in [0.1, 0.15) is 29.9 Å².